The minimum absolute atomic E-state index is 0.118. The van der Waals surface area contributed by atoms with Gasteiger partial charge in [-0.25, -0.2) is 8.42 Å². The number of likely N-dealkylation sites (tertiary alicyclic amines) is 1. The van der Waals surface area contributed by atoms with Crippen molar-refractivity contribution in [2.45, 2.75) is 44.0 Å². The van der Waals surface area contributed by atoms with Gasteiger partial charge in [-0.3, -0.25) is 9.69 Å². The minimum Gasteiger partial charge on any atom is -0.360 e. The second-order valence-electron chi connectivity index (χ2n) is 8.29. The lowest BCUT2D eigenvalue weighted by molar-refractivity contribution is -0.138. The molecule has 8 nitrogen and oxygen atoms in total. The zero-order valence-electron chi connectivity index (χ0n) is 18.2. The minimum atomic E-state index is -3.68. The maximum atomic E-state index is 13.5. The molecule has 0 N–H and O–H groups in total. The van der Waals surface area contributed by atoms with E-state index in [1.54, 1.807) is 13.8 Å². The van der Waals surface area contributed by atoms with Crippen molar-refractivity contribution in [3.8, 4) is 0 Å². The van der Waals surface area contributed by atoms with Crippen LogP contribution >= 0.6 is 0 Å². The molecule has 0 aliphatic carbocycles. The monoisotopic (exact) mass is 446 g/mol. The number of hydrogen-bond donors (Lipinski definition) is 0. The Bertz CT molecular complexity index is 988. The maximum absolute atomic E-state index is 13.5. The van der Waals surface area contributed by atoms with E-state index in [9.17, 15) is 13.2 Å². The van der Waals surface area contributed by atoms with Crippen LogP contribution in [0.2, 0.25) is 0 Å². The Hall–Kier alpha value is -2.23. The van der Waals surface area contributed by atoms with Crippen molar-refractivity contribution in [3.05, 3.63) is 47.3 Å². The van der Waals surface area contributed by atoms with Gasteiger partial charge in [0.25, 0.3) is 0 Å². The largest absolute Gasteiger partial charge is 0.360 e. The standard InChI is InChI=1S/C22H30N4O4S/c1-17-21(18(2)30-23-17)31(28,29)26-15-13-24(14-16-26)20(19-9-5-3-6-10-19)22(27)25-11-7-4-8-12-25/h3,5-6,9-10,20H,4,7-8,11-16H2,1-2H3/t20-/m0/s1. The van der Waals surface area contributed by atoms with E-state index in [1.165, 1.54) is 4.31 Å². The van der Waals surface area contributed by atoms with Gasteiger partial charge in [-0.1, -0.05) is 35.5 Å². The molecule has 1 aromatic carbocycles. The lowest BCUT2D eigenvalue weighted by Gasteiger charge is -2.40. The molecule has 2 aromatic rings. The number of amides is 1. The van der Waals surface area contributed by atoms with Gasteiger partial charge in [-0.05, 0) is 38.7 Å². The second-order valence-corrected chi connectivity index (χ2v) is 10.2. The molecule has 2 saturated heterocycles. The number of rotatable bonds is 5. The molecule has 2 aliphatic heterocycles. The third-order valence-electron chi connectivity index (χ3n) is 6.22. The van der Waals surface area contributed by atoms with Crippen molar-refractivity contribution < 1.29 is 17.7 Å². The molecule has 1 aromatic heterocycles. The maximum Gasteiger partial charge on any atom is 0.248 e. The van der Waals surface area contributed by atoms with Crippen LogP contribution in [0.4, 0.5) is 0 Å². The van der Waals surface area contributed by atoms with Crippen molar-refractivity contribution in [3.63, 3.8) is 0 Å². The summed E-state index contributed by atoms with van der Waals surface area (Å²) in [6.45, 7) is 6.47. The van der Waals surface area contributed by atoms with Crippen LogP contribution in [-0.2, 0) is 14.8 Å². The molecule has 2 fully saturated rings. The fourth-order valence-corrected chi connectivity index (χ4v) is 6.32. The quantitative estimate of drug-likeness (QED) is 0.701. The number of carbonyl (C=O) groups is 1. The molecule has 3 heterocycles. The molecular formula is C22H30N4O4S. The Labute approximate surface area is 183 Å². The number of hydrogen-bond acceptors (Lipinski definition) is 6. The number of piperazine rings is 1. The number of benzene rings is 1. The molecule has 2 aliphatic rings. The predicted molar refractivity (Wildman–Crippen MR) is 116 cm³/mol. The van der Waals surface area contributed by atoms with E-state index in [1.807, 2.05) is 35.2 Å². The van der Waals surface area contributed by atoms with Crippen molar-refractivity contribution in [2.75, 3.05) is 39.3 Å². The highest BCUT2D eigenvalue weighted by atomic mass is 32.2. The Balaban J connectivity index is 1.53. The van der Waals surface area contributed by atoms with E-state index < -0.39 is 10.0 Å². The normalized spacial score (nSPS) is 20.0. The van der Waals surface area contributed by atoms with E-state index in [-0.39, 0.29) is 16.8 Å². The summed E-state index contributed by atoms with van der Waals surface area (Å²) in [6, 6.07) is 9.43. The Morgan fingerprint density at radius 2 is 1.61 bits per heavy atom. The predicted octanol–water partition coefficient (Wildman–Crippen LogP) is 2.35. The zero-order valence-corrected chi connectivity index (χ0v) is 19.0. The first kappa shape index (κ1) is 22.0. The first-order valence-corrected chi connectivity index (χ1v) is 12.3. The van der Waals surface area contributed by atoms with Gasteiger partial charge in [0.05, 0.1) is 0 Å². The molecule has 1 amide bonds. The van der Waals surface area contributed by atoms with E-state index in [2.05, 4.69) is 10.1 Å². The summed E-state index contributed by atoms with van der Waals surface area (Å²) >= 11 is 0. The molecule has 9 heteroatoms. The van der Waals surface area contributed by atoms with Gasteiger partial charge in [-0.15, -0.1) is 0 Å². The fraction of sp³-hybridized carbons (Fsp3) is 0.545. The van der Waals surface area contributed by atoms with Crippen molar-refractivity contribution in [1.29, 1.82) is 0 Å². The smallest absolute Gasteiger partial charge is 0.248 e. The van der Waals surface area contributed by atoms with Crippen LogP contribution in [0.5, 0.6) is 0 Å². The fourth-order valence-electron chi connectivity index (χ4n) is 4.61. The molecular weight excluding hydrogens is 416 g/mol. The molecule has 1 atom stereocenters. The van der Waals surface area contributed by atoms with Crippen molar-refractivity contribution in [1.82, 2.24) is 19.3 Å². The van der Waals surface area contributed by atoms with Crippen LogP contribution in [0.15, 0.2) is 39.8 Å². The third-order valence-corrected chi connectivity index (χ3v) is 8.36. The number of aryl methyl sites for hydroxylation is 2. The van der Waals surface area contributed by atoms with Gasteiger partial charge in [-0.2, -0.15) is 4.31 Å². The summed E-state index contributed by atoms with van der Waals surface area (Å²) in [6.07, 6.45) is 3.24. The summed E-state index contributed by atoms with van der Waals surface area (Å²) in [4.78, 5) is 17.7. The van der Waals surface area contributed by atoms with Crippen LogP contribution < -0.4 is 0 Å². The number of carbonyl (C=O) groups excluding carboxylic acids is 1. The molecule has 4 rings (SSSR count). The highest BCUT2D eigenvalue weighted by Crippen LogP contribution is 2.29. The number of piperidine rings is 1. The molecule has 0 unspecified atom stereocenters. The first-order valence-electron chi connectivity index (χ1n) is 10.9. The first-order chi connectivity index (χ1) is 14.9. The van der Waals surface area contributed by atoms with Crippen LogP contribution in [0, 0.1) is 13.8 Å². The third kappa shape index (κ3) is 4.40. The summed E-state index contributed by atoms with van der Waals surface area (Å²) in [5.74, 6) is 0.426. The highest BCUT2D eigenvalue weighted by Gasteiger charge is 2.38. The lowest BCUT2D eigenvalue weighted by atomic mass is 10.0. The molecule has 0 radical (unpaired) electrons. The van der Waals surface area contributed by atoms with E-state index in [4.69, 9.17) is 4.52 Å². The van der Waals surface area contributed by atoms with Crippen LogP contribution in [0.1, 0.15) is 42.3 Å². The van der Waals surface area contributed by atoms with Gasteiger partial charge < -0.3 is 9.42 Å². The molecule has 0 saturated carbocycles. The Morgan fingerprint density at radius 3 is 2.19 bits per heavy atom. The van der Waals surface area contributed by atoms with Gasteiger partial charge >= 0.3 is 0 Å². The number of aromatic nitrogens is 1. The summed E-state index contributed by atoms with van der Waals surface area (Å²) in [7, 11) is -3.68. The summed E-state index contributed by atoms with van der Waals surface area (Å²) in [5, 5.41) is 3.79. The van der Waals surface area contributed by atoms with Crippen LogP contribution in [-0.4, -0.2) is 72.9 Å². The molecule has 31 heavy (non-hydrogen) atoms. The average Bonchev–Trinajstić information content (AvgIpc) is 3.14. The summed E-state index contributed by atoms with van der Waals surface area (Å²) < 4.78 is 32.8. The van der Waals surface area contributed by atoms with Crippen molar-refractivity contribution >= 4 is 15.9 Å². The van der Waals surface area contributed by atoms with E-state index in [0.29, 0.717) is 37.6 Å². The Kier molecular flexibility index (Phi) is 6.45. The average molecular weight is 447 g/mol. The van der Waals surface area contributed by atoms with Crippen molar-refractivity contribution in [2.24, 2.45) is 0 Å². The number of nitrogens with zero attached hydrogens (tertiary/aromatic N) is 4. The second kappa shape index (κ2) is 9.10. The molecule has 0 spiro atoms. The van der Waals surface area contributed by atoms with Gasteiger partial charge in [0.2, 0.25) is 15.9 Å². The van der Waals surface area contributed by atoms with E-state index >= 15 is 0 Å². The van der Waals surface area contributed by atoms with Gasteiger partial charge in [0, 0.05) is 39.3 Å². The highest BCUT2D eigenvalue weighted by molar-refractivity contribution is 7.89. The van der Waals surface area contributed by atoms with Crippen LogP contribution in [0.3, 0.4) is 0 Å². The molecule has 0 bridgehead atoms. The SMILES string of the molecule is Cc1noc(C)c1S(=O)(=O)N1CCN([C@H](C(=O)N2CCCCC2)c2ccccc2)CC1. The van der Waals surface area contributed by atoms with E-state index in [0.717, 1.165) is 37.9 Å². The number of sulfonamides is 1. The summed E-state index contributed by atoms with van der Waals surface area (Å²) in [5.41, 5.74) is 1.34. The van der Waals surface area contributed by atoms with Gasteiger partial charge in [0.1, 0.15) is 16.6 Å². The zero-order chi connectivity index (χ0) is 22.0. The van der Waals surface area contributed by atoms with Gasteiger partial charge in [0.15, 0.2) is 5.76 Å². The topological polar surface area (TPSA) is 87.0 Å². The van der Waals surface area contributed by atoms with Crippen LogP contribution in [0.25, 0.3) is 0 Å². The Morgan fingerprint density at radius 1 is 0.968 bits per heavy atom. The molecule has 168 valence electrons. The lowest BCUT2D eigenvalue weighted by Crippen LogP contribution is -2.53.